The number of nitrogens with one attached hydrogen (secondary N) is 5. The molecule has 0 saturated carbocycles. The molecule has 0 unspecified atom stereocenters. The molecule has 132 heavy (non-hydrogen) atoms. The van der Waals surface area contributed by atoms with Crippen molar-refractivity contribution in [1.29, 1.82) is 0 Å². The number of nitrogens with two attached hydrogens (primary N) is 5. The fourth-order valence-electron chi connectivity index (χ4n) is 16.9. The van der Waals surface area contributed by atoms with Gasteiger partial charge in [-0.15, -0.1) is 0 Å². The number of cyclic esters (lactones) is 5. The molecule has 11 aliphatic heterocycles. The van der Waals surface area contributed by atoms with Crippen LogP contribution >= 0.6 is 0 Å². The second kappa shape index (κ2) is 44.3. The molecule has 0 radical (unpaired) electrons. The van der Waals surface area contributed by atoms with E-state index in [-0.39, 0.29) is 149 Å². The highest BCUT2D eigenvalue weighted by molar-refractivity contribution is 6.01. The van der Waals surface area contributed by atoms with Gasteiger partial charge in [0.1, 0.15) is 53.8 Å². The van der Waals surface area contributed by atoms with E-state index in [4.69, 9.17) is 61.8 Å². The van der Waals surface area contributed by atoms with Crippen molar-refractivity contribution in [3.63, 3.8) is 0 Å². The highest BCUT2D eigenvalue weighted by atomic mass is 19.1. The fraction of sp³-hybridized carbons (Fsp3) is 0.500. The van der Waals surface area contributed by atoms with E-state index in [0.717, 1.165) is 0 Å². The van der Waals surface area contributed by atoms with Crippen molar-refractivity contribution < 1.29 is 117 Å². The second-order valence-corrected chi connectivity index (χ2v) is 32.5. The van der Waals surface area contributed by atoms with Crippen LogP contribution in [-0.4, -0.2) is 319 Å². The van der Waals surface area contributed by atoms with Crippen molar-refractivity contribution in [1.82, 2.24) is 36.4 Å². The van der Waals surface area contributed by atoms with E-state index in [0.29, 0.717) is 174 Å². The van der Waals surface area contributed by atoms with Gasteiger partial charge in [-0.25, -0.2) is 45.9 Å². The molecule has 46 heteroatoms. The van der Waals surface area contributed by atoms with Crippen molar-refractivity contribution >= 4 is 129 Å². The van der Waals surface area contributed by atoms with Gasteiger partial charge in [0.05, 0.1) is 166 Å². The quantitative estimate of drug-likeness (QED) is 0.0247. The molecular formula is C86H110F5N21O20. The molecule has 15 N–H and O–H groups in total. The number of anilines is 9. The Morgan fingerprint density at radius 3 is 1.02 bits per heavy atom. The first kappa shape index (κ1) is 98.0. The topological polar surface area (TPSA) is 512 Å². The summed E-state index contributed by atoms with van der Waals surface area (Å²) >= 11 is 0. The summed E-state index contributed by atoms with van der Waals surface area (Å²) in [5, 5.41) is 13.1. The molecular weight excluding hydrogens is 1740 g/mol. The van der Waals surface area contributed by atoms with Crippen LogP contribution in [0.4, 0.5) is 97.1 Å². The number of hydrogen-bond donors (Lipinski definition) is 10. The number of carbonyl (C=O) groups is 13. The Morgan fingerprint density at radius 1 is 0.356 bits per heavy atom. The Bertz CT molecular complexity index is 5020. The number of rotatable bonds is 23. The highest BCUT2D eigenvalue weighted by Gasteiger charge is 2.51. The number of nitrogens with zero attached hydrogens (tertiary/aromatic N) is 11. The summed E-state index contributed by atoms with van der Waals surface area (Å²) in [6.07, 6.45) is -4.95. The Kier molecular flexibility index (Phi) is 32.9. The summed E-state index contributed by atoms with van der Waals surface area (Å²) < 4.78 is 111. The molecule has 11 heterocycles. The maximum absolute atomic E-state index is 15.4. The van der Waals surface area contributed by atoms with Crippen molar-refractivity contribution in [3.8, 4) is 0 Å². The summed E-state index contributed by atoms with van der Waals surface area (Å²) in [5.41, 5.74) is 32.0. The van der Waals surface area contributed by atoms with Crippen LogP contribution in [0.1, 0.15) is 56.1 Å². The summed E-state index contributed by atoms with van der Waals surface area (Å²) in [6.45, 7) is 16.3. The minimum absolute atomic E-state index is 0.0276. The molecule has 714 valence electrons. The molecule has 9 saturated heterocycles. The zero-order chi connectivity index (χ0) is 95.1. The number of halogens is 5. The first-order valence-corrected chi connectivity index (χ1v) is 43.2. The number of Topliss-reactive ketones (excluding diaryl/α,β-unsaturated/α-hetero) is 1. The molecule has 0 aromatic heterocycles. The molecule has 9 atom stereocenters. The average Bonchev–Trinajstić information content (AvgIpc) is 1.62. The summed E-state index contributed by atoms with van der Waals surface area (Å²) in [6, 6.07) is 19.5. The van der Waals surface area contributed by atoms with Crippen molar-refractivity contribution in [2.45, 2.75) is 102 Å². The lowest BCUT2D eigenvalue weighted by atomic mass is 10.0. The third-order valence-corrected chi connectivity index (χ3v) is 23.6. The molecule has 0 bridgehead atoms. The number of amides is 12. The van der Waals surface area contributed by atoms with Gasteiger partial charge < -0.3 is 118 Å². The smallest absolute Gasteiger partial charge is 0.415 e. The zero-order valence-electron chi connectivity index (χ0n) is 73.6. The van der Waals surface area contributed by atoms with Gasteiger partial charge in [0, 0.05) is 150 Å². The highest BCUT2D eigenvalue weighted by Crippen LogP contribution is 2.44. The normalized spacial score (nSPS) is 22.1. The first-order valence-electron chi connectivity index (χ1n) is 43.2. The lowest BCUT2D eigenvalue weighted by molar-refractivity contribution is -0.130. The van der Waals surface area contributed by atoms with E-state index in [2.05, 4.69) is 26.6 Å². The molecule has 41 nitrogen and oxygen atoms in total. The largest absolute Gasteiger partial charge is 0.442 e. The third kappa shape index (κ3) is 23.5. The number of piperazine rings is 2. The van der Waals surface area contributed by atoms with Gasteiger partial charge in [-0.3, -0.25) is 62.9 Å². The lowest BCUT2D eigenvalue weighted by Crippen LogP contribution is -2.50. The minimum Gasteiger partial charge on any atom is -0.442 e. The minimum atomic E-state index is -0.640. The molecule has 0 spiro atoms. The fourth-order valence-corrected chi connectivity index (χ4v) is 16.9. The monoisotopic (exact) mass is 1850 g/mol. The van der Waals surface area contributed by atoms with Crippen LogP contribution in [0.25, 0.3) is 0 Å². The van der Waals surface area contributed by atoms with E-state index in [1.54, 1.807) is 58.3 Å². The molecule has 5 aromatic carbocycles. The molecule has 12 amide bonds. The van der Waals surface area contributed by atoms with Crippen LogP contribution in [0.5, 0.6) is 0 Å². The molecule has 9 fully saturated rings. The molecule has 11 aliphatic rings. The number of ketones is 1. The van der Waals surface area contributed by atoms with Gasteiger partial charge in [-0.1, -0.05) is 0 Å². The third-order valence-electron chi connectivity index (χ3n) is 23.6. The SMILES string of the molecule is CC(=O)NC[C@@H]1OC(=O)N2c3ccc(C(=O)CN)c(F)c3C[C@@H]12.CC(=O)NC[C@@H]1OC(=O)N2c3ccc(N4CCN(C(=O)CN)CC4)c(F)c3C[C@@H]12.CC(=O)NC[C@H]1CN(c2ccc(N3CCN(C(=O)CN)CC3)c(F)c2)C(=O)O1.CC(=O)NC[C@H]1CN(c2ccc(N3CCO[C@@H](CN)C3)c(F)c2)C(=O)O1.CC(=O)NC[C@H]1CN(c2ccc(N3CCO[C@H](CN)C3)c(F)c2)C(=O)O1. The first-order chi connectivity index (χ1) is 63.2. The summed E-state index contributed by atoms with van der Waals surface area (Å²) in [4.78, 5) is 169. The Hall–Kier alpha value is -13.0. The van der Waals surface area contributed by atoms with Crippen LogP contribution in [0.2, 0.25) is 0 Å². The Balaban J connectivity index is 0.000000149. The van der Waals surface area contributed by atoms with Gasteiger partial charge >= 0.3 is 30.5 Å². The molecule has 5 aromatic rings. The maximum atomic E-state index is 15.4. The number of carbonyl (C=O) groups excluding carboxylic acids is 13. The number of fused-ring (bicyclic) bond motifs is 6. The van der Waals surface area contributed by atoms with E-state index in [9.17, 15) is 79.9 Å². The van der Waals surface area contributed by atoms with Crippen molar-refractivity contribution in [2.24, 2.45) is 28.7 Å². The van der Waals surface area contributed by atoms with Gasteiger partial charge in [-0.05, 0) is 78.9 Å². The van der Waals surface area contributed by atoms with Crippen molar-refractivity contribution in [2.75, 3.05) is 221 Å². The predicted molar refractivity (Wildman–Crippen MR) is 470 cm³/mol. The maximum Gasteiger partial charge on any atom is 0.415 e. The van der Waals surface area contributed by atoms with Crippen LogP contribution in [0.3, 0.4) is 0 Å². The van der Waals surface area contributed by atoms with Gasteiger partial charge in [0.25, 0.3) is 0 Å². The standard InChI is InChI=1S/C19H24FN5O4.C18H24FN5O4.2C17H23FN4O4.C15H16FN3O4/c1-11(26)22-10-16-15-8-12-13(25(15)19(28)29-16)2-3-14(18(12)20)23-4-6-24(7-5-23)17(27)9-21;1-12(25)21-10-14-11-24(18(27)28-14)13-2-3-16(15(19)8-13)22-4-6-23(7-5-22)17(26)9-20;2*1-11(23)20-8-14-10-22(17(24)26-14)12-2-3-16(15(18)6-12)21-4-5-25-13(7-19)9-21;1-7(20)18-6-13-11-4-9-10(19(11)15(22)23-13)3-2-8(14(9)16)12(21)5-17/h2-3,15-16H,4-10,21H2,1H3,(H,22,26);2-3,8,14H,4-7,9-11,20H2,1H3,(H,21,25);2*2-3,6,13-14H,4-5,7-10,19H2,1H3,(H,20,23);2-3,11,13H,4-6,17H2,1H3,(H,18,20)/t15-,16-;14-;13-,14+;13-,14-;11-,13-/m00100/s1. The van der Waals surface area contributed by atoms with Crippen LogP contribution in [-0.2, 0) is 79.6 Å². The zero-order valence-corrected chi connectivity index (χ0v) is 73.6. The van der Waals surface area contributed by atoms with Gasteiger partial charge in [-0.2, -0.15) is 0 Å². The van der Waals surface area contributed by atoms with Crippen LogP contribution in [0, 0.1) is 29.1 Å². The second-order valence-electron chi connectivity index (χ2n) is 32.5. The molecule has 0 aliphatic carbocycles. The van der Waals surface area contributed by atoms with E-state index in [1.165, 1.54) is 89.5 Å². The Labute approximate surface area is 756 Å². The van der Waals surface area contributed by atoms with Crippen LogP contribution in [0.15, 0.2) is 78.9 Å². The van der Waals surface area contributed by atoms with E-state index >= 15 is 4.39 Å². The van der Waals surface area contributed by atoms with E-state index in [1.807, 2.05) is 19.6 Å². The van der Waals surface area contributed by atoms with Crippen molar-refractivity contribution in [3.05, 3.63) is 125 Å². The average molecular weight is 1850 g/mol. The van der Waals surface area contributed by atoms with Crippen LogP contribution < -0.4 is 99.4 Å². The van der Waals surface area contributed by atoms with E-state index < -0.39 is 96.1 Å². The molecule has 16 rings (SSSR count). The number of ether oxygens (including phenoxy) is 7. The predicted octanol–water partition coefficient (Wildman–Crippen LogP) is 0.968. The summed E-state index contributed by atoms with van der Waals surface area (Å²) in [7, 11) is 0. The lowest BCUT2D eigenvalue weighted by Gasteiger charge is -2.36. The number of hydrogen-bond acceptors (Lipinski definition) is 29. The summed E-state index contributed by atoms with van der Waals surface area (Å²) in [5.74, 6) is -4.04. The van der Waals surface area contributed by atoms with Gasteiger partial charge in [0.15, 0.2) is 11.6 Å². The van der Waals surface area contributed by atoms with Gasteiger partial charge in [0.2, 0.25) is 41.4 Å². The Morgan fingerprint density at radius 2 is 0.682 bits per heavy atom. The number of morpholine rings is 2. The number of benzene rings is 5.